The Morgan fingerprint density at radius 3 is 2.72 bits per heavy atom. The molecule has 5 heteroatoms. The Labute approximate surface area is 150 Å². The van der Waals surface area contributed by atoms with Crippen LogP contribution in [0.25, 0.3) is 0 Å². The van der Waals surface area contributed by atoms with Gasteiger partial charge in [0, 0.05) is 24.7 Å². The number of aliphatic carboxylic acids is 1. The van der Waals surface area contributed by atoms with Crippen LogP contribution in [0.4, 0.5) is 0 Å². The van der Waals surface area contributed by atoms with Crippen LogP contribution in [0.5, 0.6) is 0 Å². The quantitative estimate of drug-likeness (QED) is 0.370. The summed E-state index contributed by atoms with van der Waals surface area (Å²) in [5.74, 6) is -1.29. The summed E-state index contributed by atoms with van der Waals surface area (Å²) in [5.41, 5.74) is 0. The van der Waals surface area contributed by atoms with E-state index in [-0.39, 0.29) is 30.5 Å². The first-order chi connectivity index (χ1) is 12.0. The number of aliphatic hydroxyl groups is 2. The molecule has 0 aromatic heterocycles. The molecule has 25 heavy (non-hydrogen) atoms. The van der Waals surface area contributed by atoms with Crippen molar-refractivity contribution in [3.63, 3.8) is 0 Å². The first kappa shape index (κ1) is 21.6. The summed E-state index contributed by atoms with van der Waals surface area (Å²) in [4.78, 5) is 22.5. The summed E-state index contributed by atoms with van der Waals surface area (Å²) in [7, 11) is 0. The van der Waals surface area contributed by atoms with Crippen LogP contribution in [-0.4, -0.2) is 39.3 Å². The molecule has 0 saturated heterocycles. The van der Waals surface area contributed by atoms with E-state index >= 15 is 0 Å². The molecule has 3 N–H and O–H groups in total. The summed E-state index contributed by atoms with van der Waals surface area (Å²) in [6.07, 6.45) is 12.1. The molecule has 0 aromatic carbocycles. The lowest BCUT2D eigenvalue weighted by atomic mass is 9.90. The third kappa shape index (κ3) is 8.45. The topological polar surface area (TPSA) is 94.8 Å². The number of allylic oxidation sites excluding steroid dienone is 3. The van der Waals surface area contributed by atoms with Gasteiger partial charge in [0.25, 0.3) is 0 Å². The molecule has 0 radical (unpaired) electrons. The predicted molar refractivity (Wildman–Crippen MR) is 97.1 cm³/mol. The smallest absolute Gasteiger partial charge is 0.303 e. The lowest BCUT2D eigenvalue weighted by Gasteiger charge is -2.17. The Kier molecular flexibility index (Phi) is 10.3. The van der Waals surface area contributed by atoms with Gasteiger partial charge in [-0.05, 0) is 25.7 Å². The first-order valence-corrected chi connectivity index (χ1v) is 9.39. The monoisotopic (exact) mass is 352 g/mol. The summed E-state index contributed by atoms with van der Waals surface area (Å²) < 4.78 is 0. The van der Waals surface area contributed by atoms with E-state index in [1.807, 2.05) is 12.2 Å². The fourth-order valence-electron chi connectivity index (χ4n) is 3.22. The van der Waals surface area contributed by atoms with Crippen LogP contribution in [0.15, 0.2) is 24.3 Å². The Hall–Kier alpha value is -1.46. The van der Waals surface area contributed by atoms with Crippen molar-refractivity contribution >= 4 is 11.8 Å². The number of carboxylic acid groups (broad SMARTS) is 1. The van der Waals surface area contributed by atoms with Crippen LogP contribution in [0.2, 0.25) is 0 Å². The average Bonchev–Trinajstić information content (AvgIpc) is 2.82. The normalized spacial score (nSPS) is 25.2. The second-order valence-electron chi connectivity index (χ2n) is 6.87. The van der Waals surface area contributed by atoms with Gasteiger partial charge >= 0.3 is 5.97 Å². The molecule has 0 heterocycles. The number of unbranched alkanes of at least 4 members (excludes halogenated alkanes) is 3. The van der Waals surface area contributed by atoms with Gasteiger partial charge < -0.3 is 15.3 Å². The summed E-state index contributed by atoms with van der Waals surface area (Å²) in [6, 6.07) is 0. The van der Waals surface area contributed by atoms with Crippen LogP contribution < -0.4 is 0 Å². The Bertz CT molecular complexity index is 469. The van der Waals surface area contributed by atoms with Crippen LogP contribution >= 0.6 is 0 Å². The van der Waals surface area contributed by atoms with E-state index in [0.717, 1.165) is 19.3 Å². The molecule has 4 atom stereocenters. The number of carbonyl (C=O) groups excluding carboxylic acids is 1. The molecule has 5 nitrogen and oxygen atoms in total. The molecule has 0 amide bonds. The lowest BCUT2D eigenvalue weighted by Crippen LogP contribution is -2.19. The van der Waals surface area contributed by atoms with Crippen LogP contribution in [0, 0.1) is 11.8 Å². The Morgan fingerprint density at radius 1 is 1.28 bits per heavy atom. The van der Waals surface area contributed by atoms with Crippen molar-refractivity contribution in [1.29, 1.82) is 0 Å². The third-order valence-electron chi connectivity index (χ3n) is 4.72. The maximum absolute atomic E-state index is 12.1. The minimum absolute atomic E-state index is 0.0220. The molecule has 1 aliphatic carbocycles. The van der Waals surface area contributed by atoms with Crippen LogP contribution in [0.1, 0.15) is 64.7 Å². The number of aliphatic hydroxyl groups excluding tert-OH is 2. The van der Waals surface area contributed by atoms with Gasteiger partial charge in [0.15, 0.2) is 0 Å². The van der Waals surface area contributed by atoms with Gasteiger partial charge in [-0.1, -0.05) is 50.5 Å². The van der Waals surface area contributed by atoms with E-state index in [4.69, 9.17) is 5.11 Å². The molecule has 0 aliphatic heterocycles. The van der Waals surface area contributed by atoms with Crippen molar-refractivity contribution in [2.75, 3.05) is 0 Å². The van der Waals surface area contributed by atoms with Gasteiger partial charge in [-0.3, -0.25) is 9.59 Å². The van der Waals surface area contributed by atoms with Crippen LogP contribution in [-0.2, 0) is 9.59 Å². The van der Waals surface area contributed by atoms with Crippen molar-refractivity contribution in [2.45, 2.75) is 76.9 Å². The van der Waals surface area contributed by atoms with Crippen LogP contribution in [0.3, 0.4) is 0 Å². The summed E-state index contributed by atoms with van der Waals surface area (Å²) in [6.45, 7) is 2.11. The number of hydrogen-bond donors (Lipinski definition) is 3. The van der Waals surface area contributed by atoms with E-state index in [1.165, 1.54) is 0 Å². The number of hydrogen-bond acceptors (Lipinski definition) is 4. The Balaban J connectivity index is 2.48. The van der Waals surface area contributed by atoms with Crippen molar-refractivity contribution in [2.24, 2.45) is 11.8 Å². The largest absolute Gasteiger partial charge is 0.481 e. The number of carboxylic acids is 1. The second-order valence-corrected chi connectivity index (χ2v) is 6.87. The Morgan fingerprint density at radius 2 is 2.04 bits per heavy atom. The molecule has 1 fully saturated rings. The number of carbonyl (C=O) groups is 2. The SMILES string of the molecule is CCCCC[C@@H](O)C=C[C@H]1C(=O)CC(O)C1CC=CCCCC(=O)O. The van der Waals surface area contributed by atoms with Gasteiger partial charge in [-0.25, -0.2) is 0 Å². The summed E-state index contributed by atoms with van der Waals surface area (Å²) >= 11 is 0. The number of rotatable bonds is 12. The molecule has 1 aliphatic rings. The maximum atomic E-state index is 12.1. The van der Waals surface area contributed by atoms with E-state index in [0.29, 0.717) is 25.7 Å². The van der Waals surface area contributed by atoms with Crippen molar-refractivity contribution < 1.29 is 24.9 Å². The predicted octanol–water partition coefficient (Wildman–Crippen LogP) is 3.25. The van der Waals surface area contributed by atoms with E-state index in [2.05, 4.69) is 6.92 Å². The van der Waals surface area contributed by atoms with E-state index < -0.39 is 18.2 Å². The fourth-order valence-corrected chi connectivity index (χ4v) is 3.22. The lowest BCUT2D eigenvalue weighted by molar-refractivity contribution is -0.137. The van der Waals surface area contributed by atoms with Gasteiger partial charge in [-0.15, -0.1) is 0 Å². The molecular formula is C20H32O5. The highest BCUT2D eigenvalue weighted by atomic mass is 16.4. The molecule has 0 bridgehead atoms. The number of Topliss-reactive ketones (excluding diaryl/α,β-unsaturated/α-hetero) is 1. The molecule has 142 valence electrons. The minimum atomic E-state index is -0.798. The van der Waals surface area contributed by atoms with Crippen molar-refractivity contribution in [3.05, 3.63) is 24.3 Å². The second kappa shape index (κ2) is 12.0. The minimum Gasteiger partial charge on any atom is -0.481 e. The molecule has 2 unspecified atom stereocenters. The highest BCUT2D eigenvalue weighted by Gasteiger charge is 2.39. The molecular weight excluding hydrogens is 320 g/mol. The van der Waals surface area contributed by atoms with Crippen molar-refractivity contribution in [1.82, 2.24) is 0 Å². The summed E-state index contributed by atoms with van der Waals surface area (Å²) in [5, 5.41) is 28.7. The van der Waals surface area contributed by atoms with E-state index in [1.54, 1.807) is 12.2 Å². The van der Waals surface area contributed by atoms with E-state index in [9.17, 15) is 19.8 Å². The molecule has 0 spiro atoms. The zero-order chi connectivity index (χ0) is 18.7. The first-order valence-electron chi connectivity index (χ1n) is 9.39. The zero-order valence-electron chi connectivity index (χ0n) is 15.1. The maximum Gasteiger partial charge on any atom is 0.303 e. The molecule has 1 saturated carbocycles. The average molecular weight is 352 g/mol. The van der Waals surface area contributed by atoms with Gasteiger partial charge in [0.1, 0.15) is 5.78 Å². The van der Waals surface area contributed by atoms with Gasteiger partial charge in [-0.2, -0.15) is 0 Å². The fraction of sp³-hybridized carbons (Fsp3) is 0.700. The highest BCUT2D eigenvalue weighted by Crippen LogP contribution is 2.33. The molecule has 0 aromatic rings. The third-order valence-corrected chi connectivity index (χ3v) is 4.72. The van der Waals surface area contributed by atoms with Crippen molar-refractivity contribution in [3.8, 4) is 0 Å². The highest BCUT2D eigenvalue weighted by molar-refractivity contribution is 5.86. The standard InChI is InChI=1S/C20H32O5/c1-2-3-6-9-15(21)12-13-17-16(18(22)14-19(17)23)10-7-4-5-8-11-20(24)25/h4,7,12-13,15-18,21-22H,2-3,5-6,8-11,14H2,1H3,(H,24,25)/t15-,16?,17-,18?/m1/s1. The zero-order valence-corrected chi connectivity index (χ0v) is 15.1. The molecule has 1 rings (SSSR count). The number of ketones is 1. The van der Waals surface area contributed by atoms with Gasteiger partial charge in [0.05, 0.1) is 12.2 Å². The van der Waals surface area contributed by atoms with Gasteiger partial charge in [0.2, 0.25) is 0 Å².